The lowest BCUT2D eigenvalue weighted by Crippen LogP contribution is -2.50. The lowest BCUT2D eigenvalue weighted by atomic mass is 10.0. The second-order valence-electron chi connectivity index (χ2n) is 13.7. The molecule has 270 valence electrons. The fourth-order valence-electron chi connectivity index (χ4n) is 6.17. The third kappa shape index (κ3) is 31.7. The van der Waals surface area contributed by atoms with Crippen molar-refractivity contribution in [3.05, 3.63) is 0 Å². The SMILES string of the molecule is CCCCCCCCCCCCCCCCCCCCCC(O)C(=O)NC(CS(=O)(=O)O)C(O)CCCCCCCCCCC. The Morgan fingerprint density at radius 3 is 1.11 bits per heavy atom. The van der Waals surface area contributed by atoms with Gasteiger partial charge in [0.25, 0.3) is 10.1 Å². The largest absolute Gasteiger partial charge is 0.391 e. The normalized spacial score (nSPS) is 14.0. The van der Waals surface area contributed by atoms with Gasteiger partial charge in [0.2, 0.25) is 5.91 Å². The number of hydrogen-bond donors (Lipinski definition) is 4. The molecule has 0 aliphatic carbocycles. The zero-order valence-corrected chi connectivity index (χ0v) is 30.4. The fraction of sp³-hybridized carbons (Fsp3) is 0.973. The molecule has 0 fully saturated rings. The summed E-state index contributed by atoms with van der Waals surface area (Å²) in [6.45, 7) is 4.47. The van der Waals surface area contributed by atoms with Gasteiger partial charge in [-0.3, -0.25) is 9.35 Å². The van der Waals surface area contributed by atoms with Crippen molar-refractivity contribution in [2.24, 2.45) is 0 Å². The monoisotopic (exact) mass is 662 g/mol. The van der Waals surface area contributed by atoms with Crippen molar-refractivity contribution in [1.82, 2.24) is 5.32 Å². The molecular formula is C37H75NO6S. The predicted molar refractivity (Wildman–Crippen MR) is 190 cm³/mol. The first-order valence-electron chi connectivity index (χ1n) is 19.3. The van der Waals surface area contributed by atoms with E-state index in [1.54, 1.807) is 0 Å². The lowest BCUT2D eigenvalue weighted by Gasteiger charge is -2.24. The first-order valence-corrected chi connectivity index (χ1v) is 20.9. The molecule has 0 aromatic carbocycles. The molecule has 45 heavy (non-hydrogen) atoms. The van der Waals surface area contributed by atoms with E-state index in [0.29, 0.717) is 12.8 Å². The van der Waals surface area contributed by atoms with E-state index in [-0.39, 0.29) is 0 Å². The summed E-state index contributed by atoms with van der Waals surface area (Å²) in [7, 11) is -4.39. The molecule has 3 atom stereocenters. The highest BCUT2D eigenvalue weighted by Crippen LogP contribution is 2.16. The minimum atomic E-state index is -4.39. The van der Waals surface area contributed by atoms with Crippen molar-refractivity contribution in [2.75, 3.05) is 5.75 Å². The predicted octanol–water partition coefficient (Wildman–Crippen LogP) is 9.82. The highest BCUT2D eigenvalue weighted by molar-refractivity contribution is 7.85. The smallest absolute Gasteiger partial charge is 0.266 e. The van der Waals surface area contributed by atoms with Gasteiger partial charge in [0.15, 0.2) is 0 Å². The number of aliphatic hydroxyl groups is 2. The van der Waals surface area contributed by atoms with E-state index >= 15 is 0 Å². The fourth-order valence-corrected chi connectivity index (χ4v) is 6.93. The molecule has 0 aromatic rings. The van der Waals surface area contributed by atoms with Crippen LogP contribution in [0.4, 0.5) is 0 Å². The van der Waals surface area contributed by atoms with Crippen molar-refractivity contribution >= 4 is 16.0 Å². The van der Waals surface area contributed by atoms with Crippen LogP contribution in [0.2, 0.25) is 0 Å². The summed E-state index contributed by atoms with van der Waals surface area (Å²) >= 11 is 0. The van der Waals surface area contributed by atoms with Gasteiger partial charge in [-0.2, -0.15) is 8.42 Å². The number of rotatable bonds is 35. The molecule has 0 saturated heterocycles. The molecule has 0 rings (SSSR count). The van der Waals surface area contributed by atoms with E-state index in [1.165, 1.54) is 135 Å². The average Bonchev–Trinajstić information content (AvgIpc) is 3.00. The first kappa shape index (κ1) is 44.3. The summed E-state index contributed by atoms with van der Waals surface area (Å²) in [4.78, 5) is 12.5. The van der Waals surface area contributed by atoms with Crippen LogP contribution in [0.15, 0.2) is 0 Å². The van der Waals surface area contributed by atoms with E-state index < -0.39 is 40.0 Å². The van der Waals surface area contributed by atoms with Crippen molar-refractivity contribution in [2.45, 2.75) is 225 Å². The van der Waals surface area contributed by atoms with Gasteiger partial charge >= 0.3 is 0 Å². The number of amides is 1. The van der Waals surface area contributed by atoms with Crippen molar-refractivity contribution in [1.29, 1.82) is 0 Å². The third-order valence-electron chi connectivity index (χ3n) is 9.17. The Morgan fingerprint density at radius 2 is 0.800 bits per heavy atom. The zero-order chi connectivity index (χ0) is 33.4. The minimum absolute atomic E-state index is 0.303. The van der Waals surface area contributed by atoms with Crippen LogP contribution in [-0.4, -0.2) is 53.1 Å². The summed E-state index contributed by atoms with van der Waals surface area (Å²) in [6, 6.07) is -1.14. The number of nitrogens with one attached hydrogen (secondary N) is 1. The van der Waals surface area contributed by atoms with Crippen LogP contribution < -0.4 is 5.32 Å². The topological polar surface area (TPSA) is 124 Å². The van der Waals surface area contributed by atoms with E-state index in [4.69, 9.17) is 0 Å². The summed E-state index contributed by atoms with van der Waals surface area (Å²) in [6.07, 6.45) is 32.8. The van der Waals surface area contributed by atoms with Gasteiger partial charge in [0, 0.05) is 0 Å². The summed E-state index contributed by atoms with van der Waals surface area (Å²) < 4.78 is 32.4. The van der Waals surface area contributed by atoms with E-state index in [0.717, 1.165) is 44.9 Å². The van der Waals surface area contributed by atoms with E-state index in [2.05, 4.69) is 19.2 Å². The molecule has 0 bridgehead atoms. The Hall–Kier alpha value is -0.700. The standard InChI is InChI=1S/C37H75NO6S/c1-3-5-7-9-11-13-14-15-16-17-18-19-20-21-22-24-26-28-30-32-36(40)37(41)38-34(33-45(42,43)44)35(39)31-29-27-25-23-12-10-8-6-4-2/h34-36,39-40H,3-33H2,1-2H3,(H,38,41)(H,42,43,44). The van der Waals surface area contributed by atoms with E-state index in [9.17, 15) is 28.0 Å². The van der Waals surface area contributed by atoms with Gasteiger partial charge in [-0.1, -0.05) is 194 Å². The molecule has 0 aliphatic heterocycles. The first-order chi connectivity index (χ1) is 21.7. The number of carbonyl (C=O) groups excluding carboxylic acids is 1. The van der Waals surface area contributed by atoms with E-state index in [1.807, 2.05) is 0 Å². The molecule has 0 spiro atoms. The van der Waals surface area contributed by atoms with Gasteiger partial charge in [0.1, 0.15) is 6.10 Å². The zero-order valence-electron chi connectivity index (χ0n) is 29.6. The molecule has 4 N–H and O–H groups in total. The molecule has 0 aromatic heterocycles. The Labute approximate surface area is 279 Å². The Morgan fingerprint density at radius 1 is 0.511 bits per heavy atom. The summed E-state index contributed by atoms with van der Waals surface area (Å²) in [5.41, 5.74) is 0. The van der Waals surface area contributed by atoms with Gasteiger partial charge in [-0.15, -0.1) is 0 Å². The molecule has 7 nitrogen and oxygen atoms in total. The number of aliphatic hydroxyl groups excluding tert-OH is 2. The number of carbonyl (C=O) groups is 1. The van der Waals surface area contributed by atoms with Crippen LogP contribution in [0.5, 0.6) is 0 Å². The van der Waals surface area contributed by atoms with Crippen molar-refractivity contribution < 1.29 is 28.0 Å². The van der Waals surface area contributed by atoms with Crippen molar-refractivity contribution in [3.63, 3.8) is 0 Å². The Balaban J connectivity index is 3.89. The van der Waals surface area contributed by atoms with Gasteiger partial charge in [-0.05, 0) is 12.8 Å². The average molecular weight is 662 g/mol. The highest BCUT2D eigenvalue weighted by atomic mass is 32.2. The lowest BCUT2D eigenvalue weighted by molar-refractivity contribution is -0.131. The van der Waals surface area contributed by atoms with Crippen LogP contribution in [-0.2, 0) is 14.9 Å². The highest BCUT2D eigenvalue weighted by Gasteiger charge is 2.28. The molecular weight excluding hydrogens is 586 g/mol. The second kappa shape index (κ2) is 31.9. The maximum atomic E-state index is 12.5. The molecule has 1 amide bonds. The molecule has 0 radical (unpaired) electrons. The molecule has 3 unspecified atom stereocenters. The van der Waals surface area contributed by atoms with Gasteiger partial charge < -0.3 is 15.5 Å². The summed E-state index contributed by atoms with van der Waals surface area (Å²) in [5.74, 6) is -1.44. The van der Waals surface area contributed by atoms with Crippen LogP contribution >= 0.6 is 0 Å². The maximum absolute atomic E-state index is 12.5. The number of hydrogen-bond acceptors (Lipinski definition) is 5. The molecule has 0 aliphatic rings. The van der Waals surface area contributed by atoms with Crippen molar-refractivity contribution in [3.8, 4) is 0 Å². The summed E-state index contributed by atoms with van der Waals surface area (Å²) in [5, 5.41) is 23.4. The molecule has 0 saturated carbocycles. The van der Waals surface area contributed by atoms with Crippen LogP contribution in [0, 0.1) is 0 Å². The van der Waals surface area contributed by atoms with Gasteiger partial charge in [-0.25, -0.2) is 0 Å². The Bertz CT molecular complexity index is 747. The molecule has 0 heterocycles. The Kier molecular flexibility index (Phi) is 31.4. The maximum Gasteiger partial charge on any atom is 0.266 e. The second-order valence-corrected chi connectivity index (χ2v) is 15.2. The third-order valence-corrected chi connectivity index (χ3v) is 9.95. The number of unbranched alkanes of at least 4 members (excludes halogenated alkanes) is 26. The quantitative estimate of drug-likeness (QED) is 0.0396. The minimum Gasteiger partial charge on any atom is -0.391 e. The van der Waals surface area contributed by atoms with Gasteiger partial charge in [0.05, 0.1) is 17.9 Å². The van der Waals surface area contributed by atoms with Crippen LogP contribution in [0.25, 0.3) is 0 Å². The van der Waals surface area contributed by atoms with Crippen LogP contribution in [0.1, 0.15) is 206 Å². The van der Waals surface area contributed by atoms with Crippen LogP contribution in [0.3, 0.4) is 0 Å². The molecule has 8 heteroatoms.